The van der Waals surface area contributed by atoms with Gasteiger partial charge in [0.05, 0.1) is 21.2 Å². The maximum Gasteiger partial charge on any atom is 0.407 e. The highest BCUT2D eigenvalue weighted by Gasteiger charge is 2.65. The second kappa shape index (κ2) is 7.62. The zero-order valence-electron chi connectivity index (χ0n) is 17.2. The Morgan fingerprint density at radius 1 is 1.26 bits per heavy atom. The van der Waals surface area contributed by atoms with Gasteiger partial charge in [-0.3, -0.25) is 4.79 Å². The van der Waals surface area contributed by atoms with Gasteiger partial charge in [-0.15, -0.1) is 0 Å². The van der Waals surface area contributed by atoms with Crippen molar-refractivity contribution in [2.24, 2.45) is 5.73 Å². The Hall–Kier alpha value is -2.76. The van der Waals surface area contributed by atoms with Crippen LogP contribution < -0.4 is 11.1 Å². The van der Waals surface area contributed by atoms with Crippen molar-refractivity contribution in [3.63, 3.8) is 0 Å². The molecule has 0 unspecified atom stereocenters. The van der Waals surface area contributed by atoms with Gasteiger partial charge < -0.3 is 15.8 Å². The SMILES string of the molecule is CCNC(=O)OCc1c(C2(C(N)=O)CC2)c(C#N)nn1-c1c(Cl)cc(S(F)(F)(F)(F)F)cc1Cl. The standard InChI is InChI=1S/C18H16Cl2F5N5O3S/c1-2-28-17(32)33-8-13-14(18(3-4-18)16(27)31)12(7-26)29-30(13)15-10(19)5-9(6-11(15)20)34(21,22,23,24)25/h5-6H,2-4,8H2,1H3,(H2,27,31)(H,28,32). The van der Waals surface area contributed by atoms with E-state index in [4.69, 9.17) is 33.7 Å². The molecular weight excluding hydrogens is 532 g/mol. The van der Waals surface area contributed by atoms with Crippen LogP contribution in [0.4, 0.5) is 24.2 Å². The van der Waals surface area contributed by atoms with Crippen molar-refractivity contribution in [2.45, 2.75) is 36.7 Å². The summed E-state index contributed by atoms with van der Waals surface area (Å²) in [5, 5.41) is 14.1. The zero-order chi connectivity index (χ0) is 25.8. The van der Waals surface area contributed by atoms with E-state index in [0.717, 1.165) is 4.68 Å². The molecule has 186 valence electrons. The first kappa shape index (κ1) is 25.9. The fourth-order valence-electron chi connectivity index (χ4n) is 3.39. The number of primary amides is 1. The lowest BCUT2D eigenvalue weighted by Crippen LogP contribution is -2.30. The molecule has 0 radical (unpaired) electrons. The number of alkyl carbamates (subject to hydrolysis) is 1. The van der Waals surface area contributed by atoms with E-state index in [1.807, 2.05) is 0 Å². The van der Waals surface area contributed by atoms with E-state index in [1.54, 1.807) is 13.0 Å². The summed E-state index contributed by atoms with van der Waals surface area (Å²) in [6.07, 6.45) is -0.444. The van der Waals surface area contributed by atoms with Crippen molar-refractivity contribution in [3.05, 3.63) is 39.1 Å². The average Bonchev–Trinajstić information content (AvgIpc) is 3.41. The normalized spacial score (nSPS) is 16.7. The van der Waals surface area contributed by atoms with Crippen molar-refractivity contribution in [1.29, 1.82) is 5.26 Å². The minimum absolute atomic E-state index is 0.0178. The highest BCUT2D eigenvalue weighted by atomic mass is 35.5. The van der Waals surface area contributed by atoms with Crippen LogP contribution in [0.1, 0.15) is 36.7 Å². The van der Waals surface area contributed by atoms with Crippen molar-refractivity contribution in [3.8, 4) is 11.8 Å². The summed E-state index contributed by atoms with van der Waals surface area (Å²) in [4.78, 5) is 21.7. The number of carbonyl (C=O) groups is 2. The molecule has 0 bridgehead atoms. The highest BCUT2D eigenvalue weighted by molar-refractivity contribution is 8.45. The van der Waals surface area contributed by atoms with Crippen LogP contribution in [0, 0.1) is 11.3 Å². The summed E-state index contributed by atoms with van der Waals surface area (Å²) < 4.78 is 72.3. The molecule has 1 fully saturated rings. The van der Waals surface area contributed by atoms with E-state index in [2.05, 4.69) is 10.4 Å². The van der Waals surface area contributed by atoms with Gasteiger partial charge >= 0.3 is 16.3 Å². The molecule has 0 spiro atoms. The van der Waals surface area contributed by atoms with E-state index in [9.17, 15) is 34.3 Å². The predicted octanol–water partition coefficient (Wildman–Crippen LogP) is 5.47. The number of nitrogens with two attached hydrogens (primary N) is 1. The second-order valence-electron chi connectivity index (χ2n) is 7.45. The number of hydrogen-bond donors (Lipinski definition) is 2. The minimum atomic E-state index is -10.1. The Morgan fingerprint density at radius 3 is 2.24 bits per heavy atom. The Balaban J connectivity index is 2.27. The summed E-state index contributed by atoms with van der Waals surface area (Å²) in [6, 6.07) is 1.71. The fraction of sp³-hybridized carbons (Fsp3) is 0.333. The number of aromatic nitrogens is 2. The number of amides is 2. The van der Waals surface area contributed by atoms with Crippen LogP contribution in [-0.4, -0.2) is 28.3 Å². The Kier molecular flexibility index (Phi) is 5.80. The minimum Gasteiger partial charge on any atom is -0.443 e. The first-order valence-electron chi connectivity index (χ1n) is 9.41. The maximum absolute atomic E-state index is 13.3. The highest BCUT2D eigenvalue weighted by Crippen LogP contribution is 3.02. The summed E-state index contributed by atoms with van der Waals surface area (Å²) in [7, 11) is -10.1. The van der Waals surface area contributed by atoms with Crippen LogP contribution in [0.2, 0.25) is 10.0 Å². The lowest BCUT2D eigenvalue weighted by Gasteiger charge is -2.40. The van der Waals surface area contributed by atoms with E-state index < -0.39 is 54.9 Å². The molecule has 8 nitrogen and oxygen atoms in total. The molecule has 1 aromatic heterocycles. The van der Waals surface area contributed by atoms with Gasteiger partial charge in [0.25, 0.3) is 0 Å². The van der Waals surface area contributed by atoms with Gasteiger partial charge in [-0.2, -0.15) is 10.4 Å². The lowest BCUT2D eigenvalue weighted by molar-refractivity contribution is -0.120. The second-order valence-corrected chi connectivity index (χ2v) is 10.7. The number of hydrogen-bond acceptors (Lipinski definition) is 5. The number of nitrogens with one attached hydrogen (secondary N) is 1. The third-order valence-corrected chi connectivity index (χ3v) is 6.80. The van der Waals surface area contributed by atoms with Gasteiger partial charge in [0.2, 0.25) is 5.91 Å². The van der Waals surface area contributed by atoms with Crippen molar-refractivity contribution >= 4 is 45.4 Å². The zero-order valence-corrected chi connectivity index (χ0v) is 19.5. The fourth-order valence-corrected chi connectivity index (χ4v) is 4.85. The number of halogens is 7. The van der Waals surface area contributed by atoms with E-state index in [0.29, 0.717) is 0 Å². The summed E-state index contributed by atoms with van der Waals surface area (Å²) in [5.74, 6) is -0.809. The van der Waals surface area contributed by atoms with Gasteiger partial charge in [0.1, 0.15) is 23.3 Å². The molecule has 16 heteroatoms. The Morgan fingerprint density at radius 2 is 1.82 bits per heavy atom. The summed E-state index contributed by atoms with van der Waals surface area (Å²) in [6.45, 7) is 1.19. The summed E-state index contributed by atoms with van der Waals surface area (Å²) >= 11 is 11.9. The number of nitrogens with zero attached hydrogens (tertiary/aromatic N) is 3. The number of rotatable bonds is 7. The quantitative estimate of drug-likeness (QED) is 0.445. The summed E-state index contributed by atoms with van der Waals surface area (Å²) in [5.41, 5.74) is 3.16. The van der Waals surface area contributed by atoms with Crippen LogP contribution in [0.5, 0.6) is 0 Å². The van der Waals surface area contributed by atoms with Gasteiger partial charge in [0.15, 0.2) is 5.69 Å². The largest absolute Gasteiger partial charge is 0.443 e. The maximum atomic E-state index is 13.3. The van der Waals surface area contributed by atoms with Crippen LogP contribution in [0.25, 0.3) is 5.69 Å². The molecule has 1 saturated carbocycles. The van der Waals surface area contributed by atoms with Crippen LogP contribution in [-0.2, 0) is 21.6 Å². The number of benzene rings is 1. The van der Waals surface area contributed by atoms with Gasteiger partial charge in [-0.1, -0.05) is 42.6 Å². The van der Waals surface area contributed by atoms with Crippen LogP contribution in [0.3, 0.4) is 0 Å². The van der Waals surface area contributed by atoms with Gasteiger partial charge in [0, 0.05) is 12.1 Å². The van der Waals surface area contributed by atoms with Gasteiger partial charge in [-0.05, 0) is 31.9 Å². The molecule has 1 heterocycles. The van der Waals surface area contributed by atoms with Crippen molar-refractivity contribution in [2.75, 3.05) is 6.54 Å². The Bertz CT molecular complexity index is 1230. The molecule has 2 aromatic rings. The third-order valence-electron chi connectivity index (χ3n) is 5.10. The first-order valence-corrected chi connectivity index (χ1v) is 12.1. The van der Waals surface area contributed by atoms with Crippen molar-refractivity contribution < 1.29 is 33.8 Å². The molecule has 3 rings (SSSR count). The van der Waals surface area contributed by atoms with Crippen LogP contribution in [0.15, 0.2) is 17.0 Å². The Labute approximate surface area is 199 Å². The molecule has 0 atom stereocenters. The topological polar surface area (TPSA) is 123 Å². The van der Waals surface area contributed by atoms with E-state index in [-0.39, 0.29) is 48.5 Å². The molecule has 3 N–H and O–H groups in total. The number of nitriles is 1. The molecular formula is C18H16Cl2F5N5O3S. The van der Waals surface area contributed by atoms with Crippen molar-refractivity contribution in [1.82, 2.24) is 15.1 Å². The monoisotopic (exact) mass is 547 g/mol. The molecule has 34 heavy (non-hydrogen) atoms. The predicted molar refractivity (Wildman–Crippen MR) is 114 cm³/mol. The van der Waals surface area contributed by atoms with Crippen LogP contribution >= 0.6 is 33.4 Å². The number of ether oxygens (including phenoxy) is 1. The van der Waals surface area contributed by atoms with Gasteiger partial charge in [-0.25, -0.2) is 9.48 Å². The molecule has 1 aliphatic rings. The molecule has 2 amide bonds. The smallest absolute Gasteiger partial charge is 0.407 e. The molecule has 1 aromatic carbocycles. The lowest BCUT2D eigenvalue weighted by atomic mass is 9.93. The molecule has 1 aliphatic carbocycles. The van der Waals surface area contributed by atoms with E-state index >= 15 is 0 Å². The van der Waals surface area contributed by atoms with E-state index in [1.165, 1.54) is 0 Å². The number of carbonyl (C=O) groups excluding carboxylic acids is 2. The first-order chi connectivity index (χ1) is 15.4. The third kappa shape index (κ3) is 4.73. The molecule has 0 saturated heterocycles. The molecule has 0 aliphatic heterocycles. The average molecular weight is 548 g/mol.